The van der Waals surface area contributed by atoms with Crippen molar-refractivity contribution in [1.82, 2.24) is 24.8 Å². The van der Waals surface area contributed by atoms with Crippen LogP contribution >= 0.6 is 11.8 Å². The fraction of sp³-hybridized carbons (Fsp3) is 0.379. The molecule has 0 bridgehead atoms. The van der Waals surface area contributed by atoms with Crippen molar-refractivity contribution in [3.63, 3.8) is 0 Å². The number of benzene rings is 2. The Kier molecular flexibility index (Phi) is 6.59. The summed E-state index contributed by atoms with van der Waals surface area (Å²) in [6.07, 6.45) is 11.1. The van der Waals surface area contributed by atoms with Crippen LogP contribution in [0.15, 0.2) is 65.8 Å². The number of carboxylic acid groups (broad SMARTS) is 1. The average molecular weight is 514 g/mol. The van der Waals surface area contributed by atoms with E-state index in [1.54, 1.807) is 9.36 Å². The van der Waals surface area contributed by atoms with Gasteiger partial charge in [0.15, 0.2) is 0 Å². The van der Waals surface area contributed by atoms with Gasteiger partial charge in [0.1, 0.15) is 5.56 Å². The summed E-state index contributed by atoms with van der Waals surface area (Å²) in [6, 6.07) is 17.0. The van der Waals surface area contributed by atoms with Gasteiger partial charge in [0.25, 0.3) is 0 Å². The van der Waals surface area contributed by atoms with Crippen LogP contribution in [0.1, 0.15) is 72.1 Å². The first-order chi connectivity index (χ1) is 18.1. The summed E-state index contributed by atoms with van der Waals surface area (Å²) < 4.78 is 3.49. The zero-order valence-corrected chi connectivity index (χ0v) is 21.8. The molecule has 0 aliphatic heterocycles. The number of hydrogen-bond donors (Lipinski definition) is 1. The monoisotopic (exact) mass is 513 g/mol. The summed E-state index contributed by atoms with van der Waals surface area (Å²) >= 11 is 1.96. The minimum Gasteiger partial charge on any atom is -0.478 e. The average Bonchev–Trinajstić information content (AvgIpc) is 3.37. The van der Waals surface area contributed by atoms with Gasteiger partial charge in [0.2, 0.25) is 0 Å². The van der Waals surface area contributed by atoms with Gasteiger partial charge in [0.05, 0.1) is 23.3 Å². The number of carboxylic acids is 1. The number of thioether (sulfide) groups is 1. The number of hydrogen-bond acceptors (Lipinski definition) is 5. The molecule has 8 heteroatoms. The summed E-state index contributed by atoms with van der Waals surface area (Å²) in [7, 11) is 1.84. The highest BCUT2D eigenvalue weighted by atomic mass is 32.2. The van der Waals surface area contributed by atoms with E-state index in [1.165, 1.54) is 48.9 Å². The lowest BCUT2D eigenvalue weighted by atomic mass is 9.91. The van der Waals surface area contributed by atoms with Gasteiger partial charge in [-0.05, 0) is 60.6 Å². The summed E-state index contributed by atoms with van der Waals surface area (Å²) in [5.74, 6) is 1.27. The number of aryl methyl sites for hydroxylation is 1. The molecule has 2 heterocycles. The van der Waals surface area contributed by atoms with Crippen LogP contribution in [0, 0.1) is 5.92 Å². The molecule has 2 aliphatic rings. The van der Waals surface area contributed by atoms with E-state index in [4.69, 9.17) is 0 Å². The quantitative estimate of drug-likeness (QED) is 0.278. The van der Waals surface area contributed by atoms with Gasteiger partial charge in [-0.3, -0.25) is 4.68 Å². The van der Waals surface area contributed by atoms with E-state index in [9.17, 15) is 9.90 Å². The highest BCUT2D eigenvalue weighted by molar-refractivity contribution is 7.99. The third-order valence-electron chi connectivity index (χ3n) is 7.65. The van der Waals surface area contributed by atoms with Crippen molar-refractivity contribution < 1.29 is 9.90 Å². The molecule has 2 saturated carbocycles. The Bertz CT molecular complexity index is 1420. The fourth-order valence-electron chi connectivity index (χ4n) is 5.59. The molecule has 0 saturated heterocycles. The Morgan fingerprint density at radius 3 is 2.59 bits per heavy atom. The Labute approximate surface area is 220 Å². The molecular formula is C29H31N5O2S. The van der Waals surface area contributed by atoms with E-state index in [1.807, 2.05) is 37.1 Å². The van der Waals surface area contributed by atoms with Gasteiger partial charge >= 0.3 is 5.97 Å². The second kappa shape index (κ2) is 10.2. The largest absolute Gasteiger partial charge is 0.478 e. The third kappa shape index (κ3) is 5.07. The van der Waals surface area contributed by atoms with Gasteiger partial charge in [-0.15, -0.1) is 16.9 Å². The molecular weight excluding hydrogens is 482 g/mol. The first-order valence-electron chi connectivity index (χ1n) is 13.1. The van der Waals surface area contributed by atoms with E-state index in [2.05, 4.69) is 51.8 Å². The van der Waals surface area contributed by atoms with Crippen LogP contribution in [0.25, 0.3) is 16.8 Å². The molecule has 0 spiro atoms. The normalized spacial score (nSPS) is 19.7. The number of aromatic nitrogens is 5. The summed E-state index contributed by atoms with van der Waals surface area (Å²) in [6.45, 7) is 0. The van der Waals surface area contributed by atoms with Crippen molar-refractivity contribution in [2.24, 2.45) is 13.0 Å². The van der Waals surface area contributed by atoms with E-state index < -0.39 is 5.97 Å². The number of nitrogens with zero attached hydrogens (tertiary/aromatic N) is 5. The number of carbonyl (C=O) groups is 1. The van der Waals surface area contributed by atoms with E-state index in [-0.39, 0.29) is 17.4 Å². The molecule has 2 aromatic carbocycles. The van der Waals surface area contributed by atoms with E-state index in [0.717, 1.165) is 40.5 Å². The Morgan fingerprint density at radius 1 is 1.05 bits per heavy atom. The van der Waals surface area contributed by atoms with Crippen molar-refractivity contribution in [1.29, 1.82) is 0 Å². The molecule has 37 heavy (non-hydrogen) atoms. The van der Waals surface area contributed by atoms with Crippen LogP contribution in [0.2, 0.25) is 0 Å². The summed E-state index contributed by atoms with van der Waals surface area (Å²) in [4.78, 5) is 13.4. The minimum absolute atomic E-state index is 0.0495. The van der Waals surface area contributed by atoms with Crippen molar-refractivity contribution in [2.45, 2.75) is 55.3 Å². The molecule has 190 valence electrons. The highest BCUT2D eigenvalue weighted by Crippen LogP contribution is 2.55. The summed E-state index contributed by atoms with van der Waals surface area (Å²) in [5, 5.41) is 22.7. The van der Waals surface area contributed by atoms with Gasteiger partial charge in [-0.25, -0.2) is 9.48 Å². The first kappa shape index (κ1) is 24.0. The second-order valence-electron chi connectivity index (χ2n) is 10.3. The fourth-order valence-corrected chi connectivity index (χ4v) is 6.74. The van der Waals surface area contributed by atoms with Gasteiger partial charge in [0, 0.05) is 35.7 Å². The van der Waals surface area contributed by atoms with Crippen LogP contribution in [0.3, 0.4) is 0 Å². The lowest BCUT2D eigenvalue weighted by Gasteiger charge is -2.21. The van der Waals surface area contributed by atoms with Gasteiger partial charge in [-0.1, -0.05) is 48.7 Å². The molecule has 6 rings (SSSR count). The highest BCUT2D eigenvalue weighted by Gasteiger charge is 2.46. The van der Waals surface area contributed by atoms with E-state index in [0.29, 0.717) is 0 Å². The van der Waals surface area contributed by atoms with Crippen LogP contribution in [0.5, 0.6) is 0 Å². The molecule has 0 radical (unpaired) electrons. The third-order valence-corrected chi connectivity index (χ3v) is 8.87. The predicted octanol–water partition coefficient (Wildman–Crippen LogP) is 6.31. The Hall–Kier alpha value is -3.39. The first-order valence-corrected chi connectivity index (χ1v) is 14.1. The minimum atomic E-state index is -0.954. The lowest BCUT2D eigenvalue weighted by molar-refractivity contribution is 0.0695. The van der Waals surface area contributed by atoms with Gasteiger partial charge in [-0.2, -0.15) is 5.10 Å². The maximum Gasteiger partial charge on any atom is 0.339 e. The summed E-state index contributed by atoms with van der Waals surface area (Å²) in [5.41, 5.74) is 5.00. The molecule has 7 nitrogen and oxygen atoms in total. The van der Waals surface area contributed by atoms with Crippen molar-refractivity contribution in [3.05, 3.63) is 77.9 Å². The second-order valence-corrected chi connectivity index (χ2v) is 11.4. The molecule has 2 aliphatic carbocycles. The van der Waals surface area contributed by atoms with Crippen molar-refractivity contribution in [2.75, 3.05) is 5.75 Å². The Balaban J connectivity index is 1.27. The molecule has 0 amide bonds. The van der Waals surface area contributed by atoms with Crippen LogP contribution < -0.4 is 0 Å². The molecule has 1 N–H and O–H groups in total. The zero-order chi connectivity index (χ0) is 25.4. The molecule has 2 unspecified atom stereocenters. The van der Waals surface area contributed by atoms with Crippen LogP contribution in [-0.4, -0.2) is 41.6 Å². The maximum atomic E-state index is 12.1. The van der Waals surface area contributed by atoms with Gasteiger partial charge < -0.3 is 5.11 Å². The molecule has 2 aromatic heterocycles. The number of rotatable bonds is 8. The lowest BCUT2D eigenvalue weighted by Crippen LogP contribution is -2.08. The zero-order valence-electron chi connectivity index (χ0n) is 21.0. The van der Waals surface area contributed by atoms with Crippen LogP contribution in [-0.2, 0) is 7.05 Å². The maximum absolute atomic E-state index is 12.1. The van der Waals surface area contributed by atoms with Crippen molar-refractivity contribution in [3.8, 4) is 16.8 Å². The Morgan fingerprint density at radius 2 is 1.84 bits per heavy atom. The topological polar surface area (TPSA) is 85.8 Å². The standard InChI is InChI=1S/C29H31N5O2S/c1-33-17-27(31-32-33)24-15-25(24)28-26(29(35)36)16-30-34(28)22-11-5-9-20(13-22)21-10-6-12-23(14-21)37-18-19-7-3-2-4-8-19/h5-6,9-14,16-17,19,24-25H,2-4,7-8,15,18H2,1H3,(H,35,36). The molecule has 2 atom stereocenters. The molecule has 2 fully saturated rings. The number of aromatic carboxylic acids is 1. The molecule has 4 aromatic rings. The van der Waals surface area contributed by atoms with Crippen LogP contribution in [0.4, 0.5) is 0 Å². The predicted molar refractivity (Wildman–Crippen MR) is 144 cm³/mol. The van der Waals surface area contributed by atoms with E-state index >= 15 is 0 Å². The SMILES string of the molecule is Cn1cc(C2CC2c2c(C(=O)O)cnn2-c2cccc(-c3cccc(SCC4CCCCC4)c3)c2)nn1. The van der Waals surface area contributed by atoms with Crippen molar-refractivity contribution >= 4 is 17.7 Å². The smallest absolute Gasteiger partial charge is 0.339 e.